The van der Waals surface area contributed by atoms with Gasteiger partial charge in [0.15, 0.2) is 11.5 Å². The highest BCUT2D eigenvalue weighted by Crippen LogP contribution is 2.21. The lowest BCUT2D eigenvalue weighted by atomic mass is 10.3. The molecule has 0 spiro atoms. The smallest absolute Gasteiger partial charge is 0.278 e. The van der Waals surface area contributed by atoms with Crippen LogP contribution in [0.4, 0.5) is 23.3 Å². The van der Waals surface area contributed by atoms with E-state index in [0.717, 1.165) is 5.69 Å². The largest absolute Gasteiger partial charge is 0.397 e. The predicted octanol–water partition coefficient (Wildman–Crippen LogP) is 1.82. The van der Waals surface area contributed by atoms with Crippen molar-refractivity contribution in [3.63, 3.8) is 0 Å². The first-order valence-electron chi connectivity index (χ1n) is 8.03. The molecule has 4 aromatic rings. The van der Waals surface area contributed by atoms with Crippen LogP contribution in [0.2, 0.25) is 0 Å². The van der Waals surface area contributed by atoms with Gasteiger partial charge in [0.25, 0.3) is 5.89 Å². The summed E-state index contributed by atoms with van der Waals surface area (Å²) in [6, 6.07) is 12.9. The fourth-order valence-corrected chi connectivity index (χ4v) is 2.38. The molecule has 5 N–H and O–H groups in total. The number of rotatable bonds is 5. The van der Waals surface area contributed by atoms with Crippen molar-refractivity contribution in [1.29, 1.82) is 0 Å². The number of benzene rings is 1. The van der Waals surface area contributed by atoms with Crippen molar-refractivity contribution in [1.82, 2.24) is 30.1 Å². The minimum atomic E-state index is 0.0936. The summed E-state index contributed by atoms with van der Waals surface area (Å²) in [7, 11) is 0. The molecule has 0 amide bonds. The quantitative estimate of drug-likeness (QED) is 0.479. The molecule has 0 atom stereocenters. The number of hydrogen-bond acceptors (Lipinski definition) is 10. The monoisotopic (exact) mass is 361 g/mol. The maximum absolute atomic E-state index is 5.88. The average molecular weight is 361 g/mol. The Hall–Kier alpha value is -4.08. The fraction of sp³-hybridized carbons (Fsp3) is 0.0588. The number of anilines is 4. The van der Waals surface area contributed by atoms with E-state index in [9.17, 15) is 0 Å². The molecule has 0 bridgehead atoms. The third-order valence-corrected chi connectivity index (χ3v) is 3.55. The zero-order valence-corrected chi connectivity index (χ0v) is 14.1. The van der Waals surface area contributed by atoms with Crippen LogP contribution in [-0.4, -0.2) is 30.1 Å². The molecule has 0 aliphatic heterocycles. The standard InChI is InChI=1S/C17H15N9O/c18-11-7-4-8-20-14(11)15-22-13(26-27-15)9-12-23-16(19)25-17(24-12)21-10-5-2-1-3-6-10/h1-8H,9,18H2,(H3,19,21,23,24,25). The van der Waals surface area contributed by atoms with Gasteiger partial charge < -0.3 is 21.3 Å². The number of nitrogens with one attached hydrogen (secondary N) is 1. The van der Waals surface area contributed by atoms with E-state index in [2.05, 4.69) is 35.4 Å². The van der Waals surface area contributed by atoms with Gasteiger partial charge in [0, 0.05) is 11.9 Å². The summed E-state index contributed by atoms with van der Waals surface area (Å²) in [5.41, 5.74) is 13.4. The van der Waals surface area contributed by atoms with Crippen LogP contribution in [0.15, 0.2) is 53.2 Å². The van der Waals surface area contributed by atoms with Gasteiger partial charge in [0.2, 0.25) is 11.9 Å². The third-order valence-electron chi connectivity index (χ3n) is 3.55. The Morgan fingerprint density at radius 1 is 0.889 bits per heavy atom. The van der Waals surface area contributed by atoms with E-state index < -0.39 is 0 Å². The lowest BCUT2D eigenvalue weighted by Gasteiger charge is -2.06. The topological polar surface area (TPSA) is 155 Å². The van der Waals surface area contributed by atoms with Crippen molar-refractivity contribution in [2.24, 2.45) is 0 Å². The highest BCUT2D eigenvalue weighted by atomic mass is 16.5. The van der Waals surface area contributed by atoms with Gasteiger partial charge in [0.1, 0.15) is 5.82 Å². The summed E-state index contributed by atoms with van der Waals surface area (Å²) in [6.45, 7) is 0. The molecule has 134 valence electrons. The molecule has 10 nitrogen and oxygen atoms in total. The van der Waals surface area contributed by atoms with Crippen LogP contribution >= 0.6 is 0 Å². The molecule has 4 rings (SSSR count). The summed E-state index contributed by atoms with van der Waals surface area (Å²) < 4.78 is 5.24. The van der Waals surface area contributed by atoms with Crippen molar-refractivity contribution in [2.45, 2.75) is 6.42 Å². The molecule has 10 heteroatoms. The van der Waals surface area contributed by atoms with Crippen LogP contribution in [0, 0.1) is 0 Å². The van der Waals surface area contributed by atoms with Gasteiger partial charge in [-0.3, -0.25) is 0 Å². The number of nitrogen functional groups attached to an aromatic ring is 2. The SMILES string of the molecule is Nc1nc(Cc2noc(-c3ncccc3N)n2)nc(Nc2ccccc2)n1. The normalized spacial score (nSPS) is 10.7. The van der Waals surface area contributed by atoms with Crippen LogP contribution in [-0.2, 0) is 6.42 Å². The lowest BCUT2D eigenvalue weighted by Crippen LogP contribution is -2.08. The van der Waals surface area contributed by atoms with Crippen LogP contribution in [0.5, 0.6) is 0 Å². The second-order valence-electron chi connectivity index (χ2n) is 5.56. The first-order chi connectivity index (χ1) is 13.2. The first kappa shape index (κ1) is 16.4. The Bertz CT molecular complexity index is 1060. The summed E-state index contributed by atoms with van der Waals surface area (Å²) in [5.74, 6) is 1.44. The Morgan fingerprint density at radius 3 is 2.56 bits per heavy atom. The van der Waals surface area contributed by atoms with Gasteiger partial charge in [-0.2, -0.15) is 19.9 Å². The van der Waals surface area contributed by atoms with Gasteiger partial charge in [0.05, 0.1) is 12.1 Å². The minimum Gasteiger partial charge on any atom is -0.397 e. The average Bonchev–Trinajstić information content (AvgIpc) is 3.10. The number of para-hydroxylation sites is 1. The Labute approximate surface area is 153 Å². The van der Waals surface area contributed by atoms with Gasteiger partial charge >= 0.3 is 0 Å². The molecule has 1 aromatic carbocycles. The third kappa shape index (κ3) is 3.79. The molecule has 0 aliphatic carbocycles. The maximum atomic E-state index is 5.88. The maximum Gasteiger partial charge on any atom is 0.278 e. The molecule has 27 heavy (non-hydrogen) atoms. The van der Waals surface area contributed by atoms with E-state index in [4.69, 9.17) is 16.0 Å². The van der Waals surface area contributed by atoms with Crippen molar-refractivity contribution < 1.29 is 4.52 Å². The minimum absolute atomic E-state index is 0.0936. The van der Waals surface area contributed by atoms with Crippen LogP contribution in [0.25, 0.3) is 11.6 Å². The van der Waals surface area contributed by atoms with E-state index in [1.807, 2.05) is 30.3 Å². The molecule has 0 fully saturated rings. The molecule has 3 aromatic heterocycles. The van der Waals surface area contributed by atoms with E-state index in [-0.39, 0.29) is 18.3 Å². The van der Waals surface area contributed by atoms with Gasteiger partial charge in [-0.25, -0.2) is 4.98 Å². The molecule has 0 radical (unpaired) electrons. The van der Waals surface area contributed by atoms with Crippen LogP contribution in [0.3, 0.4) is 0 Å². The summed E-state index contributed by atoms with van der Waals surface area (Å²) in [5, 5.41) is 7.01. The van der Waals surface area contributed by atoms with E-state index >= 15 is 0 Å². The molecule has 0 saturated heterocycles. The van der Waals surface area contributed by atoms with Gasteiger partial charge in [-0.1, -0.05) is 23.4 Å². The van der Waals surface area contributed by atoms with E-state index in [1.165, 1.54) is 0 Å². The van der Waals surface area contributed by atoms with Crippen molar-refractivity contribution in [3.05, 3.63) is 60.3 Å². The summed E-state index contributed by atoms with van der Waals surface area (Å²) >= 11 is 0. The number of nitrogens with zero attached hydrogens (tertiary/aromatic N) is 6. The van der Waals surface area contributed by atoms with Crippen LogP contribution in [0.1, 0.15) is 11.6 Å². The second-order valence-corrected chi connectivity index (χ2v) is 5.56. The highest BCUT2D eigenvalue weighted by Gasteiger charge is 2.15. The molecule has 0 saturated carbocycles. The zero-order chi connectivity index (χ0) is 18.6. The number of hydrogen-bond donors (Lipinski definition) is 3. The molecule has 0 aliphatic rings. The van der Waals surface area contributed by atoms with Crippen molar-refractivity contribution in [2.75, 3.05) is 16.8 Å². The molecule has 3 heterocycles. The van der Waals surface area contributed by atoms with Crippen LogP contribution < -0.4 is 16.8 Å². The number of aromatic nitrogens is 6. The Morgan fingerprint density at radius 2 is 1.74 bits per heavy atom. The lowest BCUT2D eigenvalue weighted by molar-refractivity contribution is 0.422. The fourth-order valence-electron chi connectivity index (χ4n) is 2.38. The van der Waals surface area contributed by atoms with E-state index in [1.54, 1.807) is 18.3 Å². The first-order valence-corrected chi connectivity index (χ1v) is 8.03. The predicted molar refractivity (Wildman–Crippen MR) is 98.7 cm³/mol. The second kappa shape index (κ2) is 7.04. The zero-order valence-electron chi connectivity index (χ0n) is 14.1. The molecule has 0 unspecified atom stereocenters. The number of nitrogens with two attached hydrogens (primary N) is 2. The number of pyridine rings is 1. The summed E-state index contributed by atoms with van der Waals surface area (Å²) in [6.07, 6.45) is 1.82. The molecular formula is C17H15N9O. The van der Waals surface area contributed by atoms with Gasteiger partial charge in [-0.05, 0) is 24.3 Å². The van der Waals surface area contributed by atoms with Gasteiger partial charge in [-0.15, -0.1) is 0 Å². The Balaban J connectivity index is 1.56. The molecular weight excluding hydrogens is 346 g/mol. The highest BCUT2D eigenvalue weighted by molar-refractivity contribution is 5.65. The van der Waals surface area contributed by atoms with E-state index in [0.29, 0.717) is 29.0 Å². The van der Waals surface area contributed by atoms with Crippen molar-refractivity contribution >= 4 is 23.3 Å². The Kier molecular flexibility index (Phi) is 4.27. The summed E-state index contributed by atoms with van der Waals surface area (Å²) in [4.78, 5) is 21.0. The van der Waals surface area contributed by atoms with Crippen molar-refractivity contribution in [3.8, 4) is 11.6 Å².